The molecular formula is C21H19F2NO5. The molecule has 29 heavy (non-hydrogen) atoms. The fraction of sp³-hybridized carbons (Fsp3) is 0.238. The Hall–Kier alpha value is -3.26. The van der Waals surface area contributed by atoms with Crippen LogP contribution in [0.4, 0.5) is 8.78 Å². The van der Waals surface area contributed by atoms with Crippen LogP contribution in [0.3, 0.4) is 0 Å². The minimum atomic E-state index is -1.19. The normalized spacial score (nSPS) is 16.6. The Kier molecular flexibility index (Phi) is 5.65. The number of halogens is 2. The molecule has 0 unspecified atom stereocenters. The molecule has 3 rings (SSSR count). The van der Waals surface area contributed by atoms with Crippen molar-refractivity contribution in [1.29, 1.82) is 0 Å². The molecular weight excluding hydrogens is 384 g/mol. The molecule has 6 nitrogen and oxygen atoms in total. The molecule has 1 heterocycles. The molecule has 0 saturated carbocycles. The number of hydroxylamine groups is 2. The Morgan fingerprint density at radius 3 is 1.86 bits per heavy atom. The number of amides is 1. The summed E-state index contributed by atoms with van der Waals surface area (Å²) in [7, 11) is 1.27. The average Bonchev–Trinajstić information content (AvgIpc) is 2.92. The van der Waals surface area contributed by atoms with Gasteiger partial charge in [0.15, 0.2) is 0 Å². The molecule has 0 spiro atoms. The first-order chi connectivity index (χ1) is 13.7. The van der Waals surface area contributed by atoms with Crippen molar-refractivity contribution in [1.82, 2.24) is 5.06 Å². The van der Waals surface area contributed by atoms with Gasteiger partial charge in [0.2, 0.25) is 11.5 Å². The summed E-state index contributed by atoms with van der Waals surface area (Å²) in [6, 6.07) is 10.1. The van der Waals surface area contributed by atoms with E-state index < -0.39 is 35.3 Å². The van der Waals surface area contributed by atoms with E-state index in [1.165, 1.54) is 69.5 Å². The number of cyclic esters (lactones) is 1. The lowest BCUT2D eigenvalue weighted by Gasteiger charge is -2.29. The smallest absolute Gasteiger partial charge is 0.377 e. The van der Waals surface area contributed by atoms with Crippen LogP contribution in [0, 0.1) is 11.6 Å². The van der Waals surface area contributed by atoms with Gasteiger partial charge in [-0.1, -0.05) is 24.3 Å². The Balaban J connectivity index is 2.00. The second kappa shape index (κ2) is 8.00. The lowest BCUT2D eigenvalue weighted by Crippen LogP contribution is -2.34. The molecule has 0 aliphatic carbocycles. The van der Waals surface area contributed by atoms with E-state index in [1.54, 1.807) is 0 Å². The lowest BCUT2D eigenvalue weighted by atomic mass is 9.98. The van der Waals surface area contributed by atoms with Gasteiger partial charge in [-0.05, 0) is 35.4 Å². The molecule has 0 atom stereocenters. The highest BCUT2D eigenvalue weighted by atomic mass is 19.1. The average molecular weight is 403 g/mol. The van der Waals surface area contributed by atoms with Crippen molar-refractivity contribution < 1.29 is 32.7 Å². The van der Waals surface area contributed by atoms with E-state index in [9.17, 15) is 18.4 Å². The monoisotopic (exact) mass is 403 g/mol. The Morgan fingerprint density at radius 2 is 1.48 bits per heavy atom. The van der Waals surface area contributed by atoms with E-state index in [-0.39, 0.29) is 5.76 Å². The number of benzene rings is 2. The molecule has 8 heteroatoms. The maximum Gasteiger partial charge on any atom is 0.377 e. The maximum atomic E-state index is 13.4. The van der Waals surface area contributed by atoms with Crippen LogP contribution >= 0.6 is 0 Å². The van der Waals surface area contributed by atoms with Gasteiger partial charge < -0.3 is 9.47 Å². The fourth-order valence-corrected chi connectivity index (χ4v) is 2.94. The molecule has 2 aromatic rings. The van der Waals surface area contributed by atoms with E-state index in [2.05, 4.69) is 0 Å². The predicted molar refractivity (Wildman–Crippen MR) is 97.8 cm³/mol. The van der Waals surface area contributed by atoms with Gasteiger partial charge >= 0.3 is 5.97 Å². The van der Waals surface area contributed by atoms with E-state index in [4.69, 9.17) is 14.3 Å². The highest BCUT2D eigenvalue weighted by molar-refractivity contribution is 5.98. The van der Waals surface area contributed by atoms with Crippen molar-refractivity contribution in [2.24, 2.45) is 0 Å². The molecule has 152 valence electrons. The van der Waals surface area contributed by atoms with Crippen molar-refractivity contribution in [3.8, 4) is 0 Å². The van der Waals surface area contributed by atoms with Crippen molar-refractivity contribution in [3.05, 3.63) is 83.1 Å². The van der Waals surface area contributed by atoms with E-state index in [0.29, 0.717) is 11.1 Å². The molecule has 1 amide bonds. The summed E-state index contributed by atoms with van der Waals surface area (Å²) < 4.78 is 37.1. The van der Waals surface area contributed by atoms with Gasteiger partial charge in [-0.15, -0.1) is 0 Å². The van der Waals surface area contributed by atoms with Gasteiger partial charge in [-0.3, -0.25) is 9.63 Å². The fourth-order valence-electron chi connectivity index (χ4n) is 2.94. The van der Waals surface area contributed by atoms with E-state index in [1.807, 2.05) is 0 Å². The highest BCUT2D eigenvalue weighted by Crippen LogP contribution is 2.31. The Bertz CT molecular complexity index is 893. The van der Waals surface area contributed by atoms with Crippen molar-refractivity contribution >= 4 is 11.9 Å². The number of esters is 1. The second-order valence-electron chi connectivity index (χ2n) is 6.75. The van der Waals surface area contributed by atoms with Crippen LogP contribution in [0.5, 0.6) is 0 Å². The SMILES string of the molecule is CON(C(=O)C=C1OC(C)(C)OC1=O)C(c1ccc(F)cc1)c1ccc(F)cc1. The van der Waals surface area contributed by atoms with Gasteiger partial charge in [-0.2, -0.15) is 0 Å². The van der Waals surface area contributed by atoms with Gasteiger partial charge in [-0.25, -0.2) is 18.6 Å². The molecule has 1 saturated heterocycles. The van der Waals surface area contributed by atoms with Crippen LogP contribution in [-0.2, 0) is 23.9 Å². The van der Waals surface area contributed by atoms with Crippen LogP contribution in [-0.4, -0.2) is 29.8 Å². The third kappa shape index (κ3) is 4.60. The highest BCUT2D eigenvalue weighted by Gasteiger charge is 2.38. The molecule has 1 aliphatic heterocycles. The minimum Gasteiger partial charge on any atom is -0.445 e. The minimum absolute atomic E-state index is 0.265. The van der Waals surface area contributed by atoms with Crippen molar-refractivity contribution in [3.63, 3.8) is 0 Å². The Labute approximate surface area is 166 Å². The van der Waals surface area contributed by atoms with E-state index in [0.717, 1.165) is 11.1 Å². The topological polar surface area (TPSA) is 65.1 Å². The first-order valence-electron chi connectivity index (χ1n) is 8.72. The van der Waals surface area contributed by atoms with Gasteiger partial charge in [0.25, 0.3) is 5.91 Å². The summed E-state index contributed by atoms with van der Waals surface area (Å²) in [6.45, 7) is 3.06. The standard InChI is InChI=1S/C21H19F2NO5/c1-21(2)28-17(20(26)29-21)12-18(25)24(27-3)19(13-4-8-15(22)9-5-13)14-6-10-16(23)11-7-14/h4-12,19H,1-3H3. The first kappa shape index (κ1) is 20.5. The Morgan fingerprint density at radius 1 is 1.00 bits per heavy atom. The zero-order valence-electron chi connectivity index (χ0n) is 16.0. The molecule has 0 aromatic heterocycles. The zero-order valence-corrected chi connectivity index (χ0v) is 16.0. The largest absolute Gasteiger partial charge is 0.445 e. The van der Waals surface area contributed by atoms with Crippen LogP contribution in [0.2, 0.25) is 0 Å². The van der Waals surface area contributed by atoms with Crippen molar-refractivity contribution in [2.75, 3.05) is 7.11 Å². The number of ether oxygens (including phenoxy) is 2. The lowest BCUT2D eigenvalue weighted by molar-refractivity contribution is -0.179. The van der Waals surface area contributed by atoms with Gasteiger partial charge in [0.05, 0.1) is 13.2 Å². The molecule has 2 aromatic carbocycles. The number of carbonyl (C=O) groups excluding carboxylic acids is 2. The van der Waals surface area contributed by atoms with Gasteiger partial charge in [0.1, 0.15) is 17.7 Å². The third-order valence-corrected chi connectivity index (χ3v) is 4.17. The summed E-state index contributed by atoms with van der Waals surface area (Å²) in [5, 5.41) is 0.982. The number of hydrogen-bond acceptors (Lipinski definition) is 5. The zero-order chi connectivity index (χ0) is 21.2. The molecule has 0 bridgehead atoms. The summed E-state index contributed by atoms with van der Waals surface area (Å²) >= 11 is 0. The summed E-state index contributed by atoms with van der Waals surface area (Å²) in [6.07, 6.45) is 0.959. The predicted octanol–water partition coefficient (Wildman–Crippen LogP) is 3.64. The summed E-state index contributed by atoms with van der Waals surface area (Å²) in [5.74, 6) is -3.84. The summed E-state index contributed by atoms with van der Waals surface area (Å²) in [4.78, 5) is 30.1. The van der Waals surface area contributed by atoms with Crippen LogP contribution in [0.1, 0.15) is 31.0 Å². The number of carbonyl (C=O) groups is 2. The van der Waals surface area contributed by atoms with Crippen LogP contribution in [0.25, 0.3) is 0 Å². The van der Waals surface area contributed by atoms with E-state index >= 15 is 0 Å². The maximum absolute atomic E-state index is 13.4. The number of nitrogens with zero attached hydrogens (tertiary/aromatic N) is 1. The first-order valence-corrected chi connectivity index (χ1v) is 8.72. The third-order valence-electron chi connectivity index (χ3n) is 4.17. The van der Waals surface area contributed by atoms with Crippen LogP contribution in [0.15, 0.2) is 60.4 Å². The summed E-state index contributed by atoms with van der Waals surface area (Å²) in [5.41, 5.74) is 1.03. The number of rotatable bonds is 5. The number of hydrogen-bond donors (Lipinski definition) is 0. The molecule has 0 N–H and O–H groups in total. The van der Waals surface area contributed by atoms with Gasteiger partial charge in [0, 0.05) is 13.8 Å². The van der Waals surface area contributed by atoms with Crippen LogP contribution < -0.4 is 0 Å². The van der Waals surface area contributed by atoms with Crippen molar-refractivity contribution in [2.45, 2.75) is 25.7 Å². The molecule has 1 fully saturated rings. The molecule has 1 aliphatic rings. The molecule has 0 radical (unpaired) electrons. The quantitative estimate of drug-likeness (QED) is 0.433. The second-order valence-corrected chi connectivity index (χ2v) is 6.75.